The van der Waals surface area contributed by atoms with Crippen molar-refractivity contribution in [3.8, 4) is 0 Å². The number of hydrogen-bond donors (Lipinski definition) is 1. The van der Waals surface area contributed by atoms with Crippen molar-refractivity contribution in [1.82, 2.24) is 19.9 Å². The van der Waals surface area contributed by atoms with Crippen LogP contribution in [0.1, 0.15) is 12.8 Å². The SMILES string of the molecule is OCC1COCCN1c1nc2nc(Cl)nc(N3CCCC3)c2nc1Cl. The Morgan fingerprint density at radius 2 is 1.84 bits per heavy atom. The van der Waals surface area contributed by atoms with Crippen LogP contribution < -0.4 is 9.80 Å². The molecule has 2 aromatic rings. The van der Waals surface area contributed by atoms with Crippen LogP contribution in [0.15, 0.2) is 0 Å². The third-order valence-corrected chi connectivity index (χ3v) is 4.96. The summed E-state index contributed by atoms with van der Waals surface area (Å²) in [6.45, 7) is 3.27. The average molecular weight is 385 g/mol. The van der Waals surface area contributed by atoms with Crippen molar-refractivity contribution < 1.29 is 9.84 Å². The molecule has 8 nitrogen and oxygen atoms in total. The fourth-order valence-corrected chi connectivity index (χ4v) is 3.69. The fourth-order valence-electron chi connectivity index (χ4n) is 3.30. The van der Waals surface area contributed by atoms with Gasteiger partial charge in [-0.05, 0) is 24.4 Å². The van der Waals surface area contributed by atoms with E-state index in [1.165, 1.54) is 0 Å². The Labute approximate surface area is 154 Å². The summed E-state index contributed by atoms with van der Waals surface area (Å²) in [5.41, 5.74) is 0.957. The van der Waals surface area contributed by atoms with Crippen LogP contribution >= 0.6 is 23.2 Å². The van der Waals surface area contributed by atoms with E-state index in [-0.39, 0.29) is 23.1 Å². The van der Waals surface area contributed by atoms with E-state index < -0.39 is 0 Å². The Kier molecular flexibility index (Phi) is 4.77. The van der Waals surface area contributed by atoms with Gasteiger partial charge in [0.05, 0.1) is 25.9 Å². The molecule has 134 valence electrons. The number of hydrogen-bond acceptors (Lipinski definition) is 8. The smallest absolute Gasteiger partial charge is 0.226 e. The number of aliphatic hydroxyl groups excluding tert-OH is 1. The lowest BCUT2D eigenvalue weighted by atomic mass is 10.2. The second-order valence-corrected chi connectivity index (χ2v) is 6.82. The van der Waals surface area contributed by atoms with Crippen molar-refractivity contribution in [1.29, 1.82) is 0 Å². The van der Waals surface area contributed by atoms with Gasteiger partial charge in [-0.15, -0.1) is 0 Å². The summed E-state index contributed by atoms with van der Waals surface area (Å²) in [4.78, 5) is 21.7. The molecule has 4 rings (SSSR count). The van der Waals surface area contributed by atoms with Crippen LogP contribution in [-0.4, -0.2) is 70.5 Å². The molecule has 10 heteroatoms. The van der Waals surface area contributed by atoms with E-state index in [4.69, 9.17) is 27.9 Å². The standard InChI is InChI=1S/C15H18Cl2N6O2/c16-11-14(23-5-6-25-8-9(23)7-24)19-12-10(18-11)13(21-15(17)20-12)22-3-1-2-4-22/h9,24H,1-8H2. The third-order valence-electron chi connectivity index (χ3n) is 4.54. The minimum absolute atomic E-state index is 0.0559. The molecule has 0 saturated carbocycles. The highest BCUT2D eigenvalue weighted by Crippen LogP contribution is 2.31. The molecule has 1 atom stereocenters. The lowest BCUT2D eigenvalue weighted by Crippen LogP contribution is -2.48. The summed E-state index contributed by atoms with van der Waals surface area (Å²) in [6, 6.07) is -0.214. The number of fused-ring (bicyclic) bond motifs is 1. The van der Waals surface area contributed by atoms with Crippen molar-refractivity contribution in [2.45, 2.75) is 18.9 Å². The summed E-state index contributed by atoms with van der Waals surface area (Å²) in [5, 5.41) is 9.99. The molecule has 0 aromatic carbocycles. The molecule has 1 N–H and O–H groups in total. The Bertz CT molecular complexity index is 786. The van der Waals surface area contributed by atoms with Crippen LogP contribution in [0.2, 0.25) is 10.4 Å². The summed E-state index contributed by atoms with van der Waals surface area (Å²) in [7, 11) is 0. The number of rotatable bonds is 3. The molecule has 2 aromatic heterocycles. The van der Waals surface area contributed by atoms with Crippen LogP contribution in [0.4, 0.5) is 11.6 Å². The van der Waals surface area contributed by atoms with Crippen molar-refractivity contribution in [2.75, 3.05) is 49.3 Å². The zero-order valence-corrected chi connectivity index (χ0v) is 15.0. The monoisotopic (exact) mass is 384 g/mol. The number of anilines is 2. The molecule has 25 heavy (non-hydrogen) atoms. The maximum Gasteiger partial charge on any atom is 0.226 e. The first-order chi connectivity index (χ1) is 12.2. The van der Waals surface area contributed by atoms with Gasteiger partial charge in [-0.3, -0.25) is 0 Å². The highest BCUT2D eigenvalue weighted by atomic mass is 35.5. The van der Waals surface area contributed by atoms with Gasteiger partial charge in [-0.2, -0.15) is 9.97 Å². The normalized spacial score (nSPS) is 21.3. The summed E-state index contributed by atoms with van der Waals surface area (Å²) < 4.78 is 5.41. The molecular formula is C15H18Cl2N6O2. The van der Waals surface area contributed by atoms with Crippen molar-refractivity contribution in [3.63, 3.8) is 0 Å². The van der Waals surface area contributed by atoms with Crippen LogP contribution in [0.3, 0.4) is 0 Å². The van der Waals surface area contributed by atoms with E-state index in [1.807, 2.05) is 4.90 Å². The predicted molar refractivity (Wildman–Crippen MR) is 95.6 cm³/mol. The molecular weight excluding hydrogens is 367 g/mol. The molecule has 2 aliphatic rings. The minimum Gasteiger partial charge on any atom is -0.394 e. The van der Waals surface area contributed by atoms with Crippen LogP contribution in [0, 0.1) is 0 Å². The van der Waals surface area contributed by atoms with E-state index in [9.17, 15) is 5.11 Å². The van der Waals surface area contributed by atoms with Gasteiger partial charge in [0.15, 0.2) is 28.0 Å². The lowest BCUT2D eigenvalue weighted by Gasteiger charge is -2.35. The minimum atomic E-state index is -0.214. The molecule has 4 heterocycles. The zero-order valence-electron chi connectivity index (χ0n) is 13.5. The number of halogens is 2. The van der Waals surface area contributed by atoms with Gasteiger partial charge < -0.3 is 19.6 Å². The predicted octanol–water partition coefficient (Wildman–Crippen LogP) is 1.52. The van der Waals surface area contributed by atoms with Gasteiger partial charge in [0.1, 0.15) is 0 Å². The maximum absolute atomic E-state index is 9.59. The Hall–Kier alpha value is -1.48. The molecule has 1 unspecified atom stereocenters. The Balaban J connectivity index is 1.81. The van der Waals surface area contributed by atoms with Crippen molar-refractivity contribution >= 4 is 46.0 Å². The topological polar surface area (TPSA) is 87.5 Å². The van der Waals surface area contributed by atoms with Gasteiger partial charge in [-0.25, -0.2) is 9.97 Å². The summed E-state index contributed by atoms with van der Waals surface area (Å²) in [5.74, 6) is 1.16. The number of morpholine rings is 1. The van der Waals surface area contributed by atoms with Gasteiger partial charge in [0.2, 0.25) is 5.28 Å². The van der Waals surface area contributed by atoms with E-state index in [0.29, 0.717) is 42.6 Å². The molecule has 0 aliphatic carbocycles. The summed E-state index contributed by atoms with van der Waals surface area (Å²) >= 11 is 12.5. The van der Waals surface area contributed by atoms with Gasteiger partial charge in [0, 0.05) is 19.6 Å². The van der Waals surface area contributed by atoms with Gasteiger partial charge in [-0.1, -0.05) is 11.6 Å². The number of nitrogens with zero attached hydrogens (tertiary/aromatic N) is 6. The number of aromatic nitrogens is 4. The largest absolute Gasteiger partial charge is 0.394 e. The third kappa shape index (κ3) is 3.19. The van der Waals surface area contributed by atoms with E-state index in [1.54, 1.807) is 0 Å². The Morgan fingerprint density at radius 1 is 1.04 bits per heavy atom. The van der Waals surface area contributed by atoms with Gasteiger partial charge in [0.25, 0.3) is 0 Å². The molecule has 2 aliphatic heterocycles. The first kappa shape index (κ1) is 17.0. The van der Waals surface area contributed by atoms with Crippen molar-refractivity contribution in [2.24, 2.45) is 0 Å². The van der Waals surface area contributed by atoms with E-state index >= 15 is 0 Å². The fraction of sp³-hybridized carbons (Fsp3) is 0.600. The number of ether oxygens (including phenoxy) is 1. The molecule has 0 radical (unpaired) electrons. The highest BCUT2D eigenvalue weighted by Gasteiger charge is 2.28. The quantitative estimate of drug-likeness (QED) is 0.796. The van der Waals surface area contributed by atoms with E-state index in [2.05, 4.69) is 24.8 Å². The molecule has 0 amide bonds. The van der Waals surface area contributed by atoms with Crippen molar-refractivity contribution in [3.05, 3.63) is 10.4 Å². The van der Waals surface area contributed by atoms with Crippen LogP contribution in [0.5, 0.6) is 0 Å². The van der Waals surface area contributed by atoms with E-state index in [0.717, 1.165) is 25.9 Å². The zero-order chi connectivity index (χ0) is 17.4. The summed E-state index contributed by atoms with van der Waals surface area (Å²) in [6.07, 6.45) is 2.21. The molecule has 2 fully saturated rings. The maximum atomic E-state index is 9.59. The lowest BCUT2D eigenvalue weighted by molar-refractivity contribution is 0.0723. The second-order valence-electron chi connectivity index (χ2n) is 6.13. The van der Waals surface area contributed by atoms with Gasteiger partial charge >= 0.3 is 0 Å². The Morgan fingerprint density at radius 3 is 2.60 bits per heavy atom. The number of aliphatic hydroxyl groups is 1. The van der Waals surface area contributed by atoms with Crippen LogP contribution in [0.25, 0.3) is 11.2 Å². The average Bonchev–Trinajstić information content (AvgIpc) is 3.15. The second kappa shape index (κ2) is 7.03. The molecule has 0 spiro atoms. The van der Waals surface area contributed by atoms with Crippen LogP contribution in [-0.2, 0) is 4.74 Å². The molecule has 2 saturated heterocycles. The molecule has 0 bridgehead atoms. The highest BCUT2D eigenvalue weighted by molar-refractivity contribution is 6.32. The first-order valence-corrected chi connectivity index (χ1v) is 9.04. The first-order valence-electron chi connectivity index (χ1n) is 8.28.